The molecule has 8 heterocycles. The standard InChI is InChI=1S/2C33H43N5O8/c2*1-5-15-45-33(42)38-25-19-26(43-17-10-12-28(40)34-27-20-36(4)30(35-27)22(3)39)21(2)18-23(25)31(41)37-14-8-6-11-24(37)32(38)46-29-13-7-9-16-44-29/h2*5,18-20,24,29,32H,1,6-17H2,2-4H3,(H,34,40)/t2*24-,29?,32?/m00/s1. The number of rotatable bonds is 22. The van der Waals surface area contributed by atoms with Crippen LogP contribution in [0.25, 0.3) is 0 Å². The first kappa shape index (κ1) is 67.9. The number of aryl methyl sites for hydroxylation is 4. The summed E-state index contributed by atoms with van der Waals surface area (Å²) in [5, 5.41) is 5.42. The van der Waals surface area contributed by atoms with Gasteiger partial charge in [-0.1, -0.05) is 25.3 Å². The van der Waals surface area contributed by atoms with Crippen LogP contribution in [0.1, 0.15) is 170 Å². The summed E-state index contributed by atoms with van der Waals surface area (Å²) in [6, 6.07) is 6.09. The third-order valence-corrected chi connectivity index (χ3v) is 16.8. The first-order valence-corrected chi connectivity index (χ1v) is 31.9. The number of carbonyl (C=O) groups is 8. The number of hydrogen-bond acceptors (Lipinski definition) is 18. The van der Waals surface area contributed by atoms with Crippen molar-refractivity contribution in [3.05, 3.63) is 95.9 Å². The third-order valence-electron chi connectivity index (χ3n) is 16.8. The van der Waals surface area contributed by atoms with E-state index in [4.69, 9.17) is 37.9 Å². The Labute approximate surface area is 535 Å². The van der Waals surface area contributed by atoms with Crippen molar-refractivity contribution < 1.29 is 76.3 Å². The predicted molar refractivity (Wildman–Crippen MR) is 338 cm³/mol. The summed E-state index contributed by atoms with van der Waals surface area (Å²) < 4.78 is 51.4. The summed E-state index contributed by atoms with van der Waals surface area (Å²) in [7, 11) is 3.38. The Kier molecular flexibility index (Phi) is 23.4. The highest BCUT2D eigenvalue weighted by molar-refractivity contribution is 6.07. The number of fused-ring (bicyclic) bond motifs is 4. The van der Waals surface area contributed by atoms with Gasteiger partial charge in [0.1, 0.15) is 24.7 Å². The molecule has 4 unspecified atom stereocenters. The van der Waals surface area contributed by atoms with Crippen LogP contribution in [0.3, 0.4) is 0 Å². The van der Waals surface area contributed by atoms with Gasteiger partial charge in [0.05, 0.1) is 47.8 Å². The molecular weight excluding hydrogens is 1190 g/mol. The molecule has 26 heteroatoms. The zero-order valence-electron chi connectivity index (χ0n) is 53.6. The van der Waals surface area contributed by atoms with Crippen LogP contribution in [0.4, 0.5) is 32.6 Å². The lowest BCUT2D eigenvalue weighted by molar-refractivity contribution is -0.199. The lowest BCUT2D eigenvalue weighted by Crippen LogP contribution is -2.57. The number of Topliss-reactive ketones (excluding diaryl/α,β-unsaturated/α-hetero) is 2. The van der Waals surface area contributed by atoms with Crippen molar-refractivity contribution >= 4 is 70.4 Å². The molecule has 0 bridgehead atoms. The fourth-order valence-electron chi connectivity index (χ4n) is 12.3. The van der Waals surface area contributed by atoms with Gasteiger partial charge in [-0.2, -0.15) is 0 Å². The van der Waals surface area contributed by atoms with Gasteiger partial charge in [-0.05, 0) is 127 Å². The van der Waals surface area contributed by atoms with Gasteiger partial charge in [-0.3, -0.25) is 28.8 Å². The number of anilines is 4. The molecule has 6 aliphatic heterocycles. The maximum Gasteiger partial charge on any atom is 0.416 e. The average Bonchev–Trinajstić information content (AvgIpc) is 1.73. The van der Waals surface area contributed by atoms with Gasteiger partial charge in [0.2, 0.25) is 11.8 Å². The zero-order valence-corrected chi connectivity index (χ0v) is 53.6. The smallest absolute Gasteiger partial charge is 0.416 e. The van der Waals surface area contributed by atoms with Crippen LogP contribution in [0.5, 0.6) is 11.5 Å². The van der Waals surface area contributed by atoms with Crippen LogP contribution < -0.4 is 29.9 Å². The summed E-state index contributed by atoms with van der Waals surface area (Å²) in [6.45, 7) is 16.5. The average molecular weight is 1280 g/mol. The summed E-state index contributed by atoms with van der Waals surface area (Å²) >= 11 is 0. The number of hydrogen-bond donors (Lipinski definition) is 2. The number of imidazole rings is 2. The molecule has 0 spiro atoms. The van der Waals surface area contributed by atoms with Crippen molar-refractivity contribution in [2.45, 2.75) is 168 Å². The largest absolute Gasteiger partial charge is 0.493 e. The van der Waals surface area contributed by atoms with E-state index >= 15 is 0 Å². The molecule has 6 aliphatic rings. The Morgan fingerprint density at radius 2 is 0.989 bits per heavy atom. The molecular formula is C66H86N10O16. The first-order chi connectivity index (χ1) is 44.3. The van der Waals surface area contributed by atoms with Gasteiger partial charge in [0, 0.05) is 91.6 Å². The molecule has 4 saturated heterocycles. The van der Waals surface area contributed by atoms with E-state index in [-0.39, 0.29) is 98.2 Å². The van der Waals surface area contributed by atoms with Gasteiger partial charge in [-0.15, -0.1) is 0 Å². The molecule has 6 amide bonds. The molecule has 0 aliphatic carbocycles. The van der Waals surface area contributed by atoms with Gasteiger partial charge in [0.25, 0.3) is 11.8 Å². The number of nitrogens with one attached hydrogen (secondary N) is 2. The Morgan fingerprint density at radius 1 is 0.587 bits per heavy atom. The molecule has 6 atom stereocenters. The highest BCUT2D eigenvalue weighted by Crippen LogP contribution is 2.42. The minimum atomic E-state index is -0.833. The molecule has 92 heavy (non-hydrogen) atoms. The van der Waals surface area contributed by atoms with E-state index in [1.807, 2.05) is 23.6 Å². The quantitative estimate of drug-likeness (QED) is 0.0421. The summed E-state index contributed by atoms with van der Waals surface area (Å²) in [5.41, 5.74) is 2.83. The van der Waals surface area contributed by atoms with Crippen LogP contribution in [0.15, 0.2) is 62.0 Å². The molecule has 2 aromatic heterocycles. The van der Waals surface area contributed by atoms with Gasteiger partial charge < -0.3 is 67.5 Å². The third kappa shape index (κ3) is 16.4. The molecule has 10 rings (SSSR count). The van der Waals surface area contributed by atoms with Crippen LogP contribution in [-0.2, 0) is 52.1 Å². The number of amides is 6. The van der Waals surface area contributed by atoms with E-state index in [0.29, 0.717) is 122 Å². The highest BCUT2D eigenvalue weighted by Gasteiger charge is 2.49. The summed E-state index contributed by atoms with van der Waals surface area (Å²) in [4.78, 5) is 119. The van der Waals surface area contributed by atoms with Crippen LogP contribution in [-0.4, -0.2) is 166 Å². The molecule has 2 aromatic carbocycles. The van der Waals surface area contributed by atoms with Gasteiger partial charge in [0.15, 0.2) is 59.9 Å². The fourth-order valence-corrected chi connectivity index (χ4v) is 12.3. The molecule has 0 radical (unpaired) electrons. The monoisotopic (exact) mass is 1270 g/mol. The van der Waals surface area contributed by atoms with Crippen molar-refractivity contribution in [2.24, 2.45) is 14.1 Å². The Hall–Kier alpha value is -8.46. The number of aromatic nitrogens is 4. The Morgan fingerprint density at radius 3 is 1.35 bits per heavy atom. The number of nitrogens with zero attached hydrogens (tertiary/aromatic N) is 8. The minimum absolute atomic E-state index is 0.00844. The van der Waals surface area contributed by atoms with E-state index in [1.165, 1.54) is 35.8 Å². The maximum atomic E-state index is 14.0. The topological polar surface area (TPSA) is 283 Å². The second-order valence-corrected chi connectivity index (χ2v) is 23.7. The van der Waals surface area contributed by atoms with Gasteiger partial charge >= 0.3 is 12.2 Å². The lowest BCUT2D eigenvalue weighted by Gasteiger charge is -2.42. The molecule has 4 fully saturated rings. The zero-order chi connectivity index (χ0) is 65.6. The van der Waals surface area contributed by atoms with Gasteiger partial charge in [-0.25, -0.2) is 29.4 Å². The normalized spacial score (nSPS) is 21.1. The lowest BCUT2D eigenvalue weighted by atomic mass is 10.00. The van der Waals surface area contributed by atoms with Crippen molar-refractivity contribution in [1.29, 1.82) is 0 Å². The molecule has 496 valence electrons. The number of piperidine rings is 2. The van der Waals surface area contributed by atoms with E-state index in [0.717, 1.165) is 51.4 Å². The second kappa shape index (κ2) is 31.7. The summed E-state index contributed by atoms with van der Waals surface area (Å²) in [5.74, 6) is 0.791. The van der Waals surface area contributed by atoms with Crippen molar-refractivity contribution in [1.82, 2.24) is 28.9 Å². The molecule has 0 saturated carbocycles. The molecule has 26 nitrogen and oxygen atoms in total. The fraction of sp³-hybridized carbons (Fsp3) is 0.545. The number of benzene rings is 2. The Bertz CT molecular complexity index is 3150. The van der Waals surface area contributed by atoms with E-state index < -0.39 is 37.2 Å². The van der Waals surface area contributed by atoms with E-state index in [9.17, 15) is 38.4 Å². The number of carbonyl (C=O) groups excluding carboxylic acids is 8. The van der Waals surface area contributed by atoms with Crippen LogP contribution >= 0.6 is 0 Å². The maximum absolute atomic E-state index is 14.0. The molecule has 4 aromatic rings. The van der Waals surface area contributed by atoms with Crippen LogP contribution in [0, 0.1) is 13.8 Å². The van der Waals surface area contributed by atoms with Crippen molar-refractivity contribution in [3.63, 3.8) is 0 Å². The van der Waals surface area contributed by atoms with Crippen LogP contribution in [0.2, 0.25) is 0 Å². The highest BCUT2D eigenvalue weighted by atomic mass is 16.7. The SMILES string of the molecule is C=CCOC(=O)N1c2cc(OCCCC(=O)Nc3cn(C)c(C(C)=O)n3)c(C)cc2C(=O)N2CCCC[C@H]2C1OC1CCCCO1.C=CCOC(=O)N1c2cc(OCCCC(=O)Nc3cn(C)c(C(C)=O)n3)c(C)cc2C(=O)N2CCCC[C@H]2C1OC1CCCCO1. The number of ether oxygens (including phenoxy) is 8. The van der Waals surface area contributed by atoms with E-state index in [2.05, 4.69) is 33.8 Å². The van der Waals surface area contributed by atoms with E-state index in [1.54, 1.807) is 59.9 Å². The second-order valence-electron chi connectivity index (χ2n) is 23.7. The first-order valence-electron chi connectivity index (χ1n) is 31.9. The predicted octanol–water partition coefficient (Wildman–Crippen LogP) is 9.47. The minimum Gasteiger partial charge on any atom is -0.493 e. The van der Waals surface area contributed by atoms with Crippen molar-refractivity contribution in [3.8, 4) is 11.5 Å². The Balaban J connectivity index is 0.000000217. The summed E-state index contributed by atoms with van der Waals surface area (Å²) in [6.07, 6.45) is 13.2. The van der Waals surface area contributed by atoms with Crippen molar-refractivity contribution in [2.75, 3.05) is 73.2 Å². The molecule has 2 N–H and O–H groups in total. The number of ketones is 2.